The van der Waals surface area contributed by atoms with Crippen molar-refractivity contribution >= 4 is 11.3 Å². The molecule has 2 rings (SSSR count). The number of thiophene rings is 1. The molecule has 0 aliphatic rings. The van der Waals surface area contributed by atoms with E-state index in [1.165, 1.54) is 15.3 Å². The summed E-state index contributed by atoms with van der Waals surface area (Å²) in [4.78, 5) is 2.74. The predicted molar refractivity (Wildman–Crippen MR) is 70.4 cm³/mol. The van der Waals surface area contributed by atoms with Crippen LogP contribution in [0, 0.1) is 0 Å². The summed E-state index contributed by atoms with van der Waals surface area (Å²) in [5, 5.41) is 0. The Morgan fingerprint density at radius 1 is 1.12 bits per heavy atom. The molecule has 0 spiro atoms. The van der Waals surface area contributed by atoms with Gasteiger partial charge in [0.1, 0.15) is 5.75 Å². The zero-order valence-electron chi connectivity index (χ0n) is 9.86. The van der Waals surface area contributed by atoms with Gasteiger partial charge in [-0.1, -0.05) is 26.0 Å². The van der Waals surface area contributed by atoms with E-state index < -0.39 is 0 Å². The molecule has 0 bridgehead atoms. The number of benzene rings is 1. The van der Waals surface area contributed by atoms with Gasteiger partial charge in [-0.15, -0.1) is 11.3 Å². The van der Waals surface area contributed by atoms with E-state index in [1.54, 1.807) is 7.11 Å². The smallest absolute Gasteiger partial charge is 0.119 e. The molecule has 1 aromatic heterocycles. The van der Waals surface area contributed by atoms with Crippen LogP contribution in [0.5, 0.6) is 5.75 Å². The number of rotatable bonds is 3. The lowest BCUT2D eigenvalue weighted by atomic mass is 10.1. The number of methoxy groups -OCH3 is 1. The number of hydrogen-bond donors (Lipinski definition) is 0. The molecule has 2 aromatic rings. The minimum Gasteiger partial charge on any atom is -0.497 e. The van der Waals surface area contributed by atoms with Gasteiger partial charge in [-0.3, -0.25) is 0 Å². The molecule has 1 aromatic carbocycles. The molecule has 0 unspecified atom stereocenters. The highest BCUT2D eigenvalue weighted by molar-refractivity contribution is 7.15. The van der Waals surface area contributed by atoms with Crippen LogP contribution in [0.3, 0.4) is 0 Å². The maximum atomic E-state index is 5.24. The topological polar surface area (TPSA) is 9.23 Å². The molecule has 0 amide bonds. The molecule has 0 saturated carbocycles. The SMILES string of the molecule is COc1cccc(-c2ccc(C(C)C)s2)c1. The fourth-order valence-electron chi connectivity index (χ4n) is 1.59. The summed E-state index contributed by atoms with van der Waals surface area (Å²) >= 11 is 1.86. The van der Waals surface area contributed by atoms with E-state index in [-0.39, 0.29) is 0 Å². The maximum absolute atomic E-state index is 5.24. The second-order valence-corrected chi connectivity index (χ2v) is 5.20. The van der Waals surface area contributed by atoms with Crippen LogP contribution in [0.25, 0.3) is 10.4 Å². The zero-order valence-corrected chi connectivity index (χ0v) is 10.7. The van der Waals surface area contributed by atoms with Gasteiger partial charge in [-0.25, -0.2) is 0 Å². The molecule has 2 heteroatoms. The minimum atomic E-state index is 0.601. The fourth-order valence-corrected chi connectivity index (χ4v) is 2.60. The molecule has 1 heterocycles. The van der Waals surface area contributed by atoms with Gasteiger partial charge in [0.05, 0.1) is 7.11 Å². The van der Waals surface area contributed by atoms with E-state index >= 15 is 0 Å². The van der Waals surface area contributed by atoms with Crippen molar-refractivity contribution in [1.29, 1.82) is 0 Å². The lowest BCUT2D eigenvalue weighted by molar-refractivity contribution is 0.415. The Balaban J connectivity index is 2.34. The van der Waals surface area contributed by atoms with Crippen molar-refractivity contribution in [3.63, 3.8) is 0 Å². The van der Waals surface area contributed by atoms with Crippen molar-refractivity contribution in [2.24, 2.45) is 0 Å². The summed E-state index contributed by atoms with van der Waals surface area (Å²) in [6, 6.07) is 12.6. The van der Waals surface area contributed by atoms with Crippen molar-refractivity contribution in [2.45, 2.75) is 19.8 Å². The first-order valence-electron chi connectivity index (χ1n) is 5.45. The van der Waals surface area contributed by atoms with Crippen molar-refractivity contribution in [2.75, 3.05) is 7.11 Å². The van der Waals surface area contributed by atoms with Gasteiger partial charge >= 0.3 is 0 Å². The Labute approximate surface area is 101 Å². The van der Waals surface area contributed by atoms with Crippen LogP contribution in [-0.4, -0.2) is 7.11 Å². The molecular weight excluding hydrogens is 216 g/mol. The fraction of sp³-hybridized carbons (Fsp3) is 0.286. The van der Waals surface area contributed by atoms with Gasteiger partial charge in [0.25, 0.3) is 0 Å². The average Bonchev–Trinajstić information content (AvgIpc) is 2.78. The Morgan fingerprint density at radius 3 is 2.56 bits per heavy atom. The first-order chi connectivity index (χ1) is 7.70. The van der Waals surface area contributed by atoms with Crippen molar-refractivity contribution < 1.29 is 4.74 Å². The monoisotopic (exact) mass is 232 g/mol. The van der Waals surface area contributed by atoms with E-state index in [2.05, 4.69) is 38.1 Å². The van der Waals surface area contributed by atoms with Crippen LogP contribution in [-0.2, 0) is 0 Å². The summed E-state index contributed by atoms with van der Waals surface area (Å²) in [6.07, 6.45) is 0. The molecule has 0 radical (unpaired) electrons. The summed E-state index contributed by atoms with van der Waals surface area (Å²) in [5.41, 5.74) is 1.23. The van der Waals surface area contributed by atoms with E-state index in [4.69, 9.17) is 4.74 Å². The quantitative estimate of drug-likeness (QED) is 0.754. The van der Waals surface area contributed by atoms with Gasteiger partial charge < -0.3 is 4.74 Å². The molecular formula is C14H16OS. The lowest BCUT2D eigenvalue weighted by Crippen LogP contribution is -1.82. The van der Waals surface area contributed by atoms with Crippen molar-refractivity contribution in [3.05, 3.63) is 41.3 Å². The van der Waals surface area contributed by atoms with Crippen molar-refractivity contribution in [3.8, 4) is 16.2 Å². The maximum Gasteiger partial charge on any atom is 0.119 e. The Morgan fingerprint density at radius 2 is 1.94 bits per heavy atom. The third-order valence-electron chi connectivity index (χ3n) is 2.55. The predicted octanol–water partition coefficient (Wildman–Crippen LogP) is 4.55. The van der Waals surface area contributed by atoms with E-state index in [0.29, 0.717) is 5.92 Å². The number of ether oxygens (including phenoxy) is 1. The van der Waals surface area contributed by atoms with Gasteiger partial charge in [0.15, 0.2) is 0 Å². The molecule has 0 aliphatic heterocycles. The van der Waals surface area contributed by atoms with Crippen molar-refractivity contribution in [1.82, 2.24) is 0 Å². The lowest BCUT2D eigenvalue weighted by Gasteiger charge is -2.02. The van der Waals surface area contributed by atoms with Gasteiger partial charge in [0, 0.05) is 9.75 Å². The largest absolute Gasteiger partial charge is 0.497 e. The van der Waals surface area contributed by atoms with E-state index in [1.807, 2.05) is 23.5 Å². The van der Waals surface area contributed by atoms with Crippen LogP contribution in [0.4, 0.5) is 0 Å². The van der Waals surface area contributed by atoms with E-state index in [0.717, 1.165) is 5.75 Å². The second kappa shape index (κ2) is 4.71. The third kappa shape index (κ3) is 2.27. The molecule has 0 atom stereocenters. The first-order valence-corrected chi connectivity index (χ1v) is 6.26. The van der Waals surface area contributed by atoms with Crippen LogP contribution >= 0.6 is 11.3 Å². The first kappa shape index (κ1) is 11.2. The molecule has 16 heavy (non-hydrogen) atoms. The Kier molecular flexibility index (Phi) is 3.30. The summed E-state index contributed by atoms with van der Waals surface area (Å²) in [5.74, 6) is 1.52. The van der Waals surface area contributed by atoms with Gasteiger partial charge in [-0.05, 0) is 35.7 Å². The molecule has 0 fully saturated rings. The molecule has 0 saturated heterocycles. The summed E-state index contributed by atoms with van der Waals surface area (Å²) < 4.78 is 5.24. The molecule has 0 aliphatic carbocycles. The standard InChI is InChI=1S/C14H16OS/c1-10(2)13-7-8-14(16-13)11-5-4-6-12(9-11)15-3/h4-10H,1-3H3. The van der Waals surface area contributed by atoms with Gasteiger partial charge in [0.2, 0.25) is 0 Å². The minimum absolute atomic E-state index is 0.601. The third-order valence-corrected chi connectivity index (χ3v) is 3.98. The van der Waals surface area contributed by atoms with Crippen LogP contribution < -0.4 is 4.74 Å². The molecule has 84 valence electrons. The highest BCUT2D eigenvalue weighted by Gasteiger charge is 2.06. The number of hydrogen-bond acceptors (Lipinski definition) is 2. The van der Waals surface area contributed by atoms with Crippen LogP contribution in [0.1, 0.15) is 24.6 Å². The normalized spacial score (nSPS) is 10.8. The molecule has 0 N–H and O–H groups in total. The van der Waals surface area contributed by atoms with Gasteiger partial charge in [-0.2, -0.15) is 0 Å². The summed E-state index contributed by atoms with van der Waals surface area (Å²) in [6.45, 7) is 4.45. The van der Waals surface area contributed by atoms with Crippen LogP contribution in [0.15, 0.2) is 36.4 Å². The molecule has 1 nitrogen and oxygen atoms in total. The highest BCUT2D eigenvalue weighted by atomic mass is 32.1. The average molecular weight is 232 g/mol. The summed E-state index contributed by atoms with van der Waals surface area (Å²) in [7, 11) is 1.70. The van der Waals surface area contributed by atoms with E-state index in [9.17, 15) is 0 Å². The highest BCUT2D eigenvalue weighted by Crippen LogP contribution is 2.33. The Bertz CT molecular complexity index is 471. The van der Waals surface area contributed by atoms with Crippen LogP contribution in [0.2, 0.25) is 0 Å². The Hall–Kier alpha value is -1.28. The zero-order chi connectivity index (χ0) is 11.5. The second-order valence-electron chi connectivity index (χ2n) is 4.09.